The zero-order chi connectivity index (χ0) is 17.0. The number of benzene rings is 2. The quantitative estimate of drug-likeness (QED) is 0.665. The molecule has 0 spiro atoms. The maximum Gasteiger partial charge on any atom is 0.133 e. The summed E-state index contributed by atoms with van der Waals surface area (Å²) in [5.41, 5.74) is -0.232. The second-order valence-electron chi connectivity index (χ2n) is 5.88. The molecule has 0 bridgehead atoms. The number of nitrogens with zero attached hydrogens (tertiary/aromatic N) is 2. The Morgan fingerprint density at radius 2 is 1.92 bits per heavy atom. The number of ether oxygens (including phenoxy) is 1. The van der Waals surface area contributed by atoms with Gasteiger partial charge in [-0.3, -0.25) is 0 Å². The van der Waals surface area contributed by atoms with Gasteiger partial charge in [0, 0.05) is 29.0 Å². The minimum Gasteiger partial charge on any atom is -0.457 e. The van der Waals surface area contributed by atoms with Crippen molar-refractivity contribution in [2.75, 3.05) is 0 Å². The summed E-state index contributed by atoms with van der Waals surface area (Å²) in [6.07, 6.45) is 5.93. The zero-order valence-electron chi connectivity index (χ0n) is 13.4. The molecule has 1 N–H and O–H groups in total. The highest BCUT2D eigenvalue weighted by Crippen LogP contribution is 2.35. The Labute approximate surface area is 149 Å². The number of para-hydroxylation sites is 1. The molecule has 1 unspecified atom stereocenters. The van der Waals surface area contributed by atoms with Gasteiger partial charge in [-0.1, -0.05) is 34.1 Å². The number of imidazole rings is 1. The Hall–Kier alpha value is -2.11. The summed E-state index contributed by atoms with van der Waals surface area (Å²) in [7, 11) is 0. The first-order valence-electron chi connectivity index (χ1n) is 7.76. The molecule has 1 aromatic heterocycles. The first kappa shape index (κ1) is 16.7. The Bertz CT molecular complexity index is 783. The van der Waals surface area contributed by atoms with Crippen LogP contribution in [0.15, 0.2) is 71.7 Å². The van der Waals surface area contributed by atoms with Gasteiger partial charge in [0.1, 0.15) is 11.5 Å². The van der Waals surface area contributed by atoms with Crippen LogP contribution in [0.1, 0.15) is 18.9 Å². The van der Waals surface area contributed by atoms with E-state index in [-0.39, 0.29) is 0 Å². The summed E-state index contributed by atoms with van der Waals surface area (Å²) in [4.78, 5) is 4.03. The predicted molar refractivity (Wildman–Crippen MR) is 97.1 cm³/mol. The second-order valence-corrected chi connectivity index (χ2v) is 6.79. The molecule has 0 aliphatic rings. The van der Waals surface area contributed by atoms with Gasteiger partial charge in [0.05, 0.1) is 11.9 Å². The van der Waals surface area contributed by atoms with Crippen LogP contribution in [0.25, 0.3) is 0 Å². The van der Waals surface area contributed by atoms with Gasteiger partial charge in [0.2, 0.25) is 0 Å². The Morgan fingerprint density at radius 1 is 1.17 bits per heavy atom. The molecule has 0 aliphatic carbocycles. The molecule has 2 aromatic carbocycles. The van der Waals surface area contributed by atoms with Gasteiger partial charge in [0.15, 0.2) is 0 Å². The number of rotatable bonds is 6. The van der Waals surface area contributed by atoms with Gasteiger partial charge in [-0.2, -0.15) is 0 Å². The number of aryl methyl sites for hydroxylation is 1. The molecule has 0 radical (unpaired) electrons. The van der Waals surface area contributed by atoms with E-state index in [0.29, 0.717) is 18.7 Å². The van der Waals surface area contributed by atoms with Crippen LogP contribution in [0.2, 0.25) is 0 Å². The van der Waals surface area contributed by atoms with Crippen molar-refractivity contribution < 1.29 is 9.84 Å². The summed E-state index contributed by atoms with van der Waals surface area (Å²) >= 11 is 3.41. The Balaban J connectivity index is 1.80. The molecule has 3 rings (SSSR count). The van der Waals surface area contributed by atoms with Crippen molar-refractivity contribution in [2.24, 2.45) is 0 Å². The molecule has 1 heterocycles. The van der Waals surface area contributed by atoms with E-state index < -0.39 is 5.60 Å². The SMILES string of the molecule is CC(O)(CCn1ccnc1)c1ccccc1Oc1ccc(Br)cc1. The van der Waals surface area contributed by atoms with Crippen LogP contribution >= 0.6 is 15.9 Å². The van der Waals surface area contributed by atoms with Crippen molar-refractivity contribution in [1.29, 1.82) is 0 Å². The standard InChI is InChI=1S/C19H19BrN2O2/c1-19(23,10-12-22-13-11-21-14-22)17-4-2-3-5-18(17)24-16-8-6-15(20)7-9-16/h2-9,11,13-14,23H,10,12H2,1H3. The first-order chi connectivity index (χ1) is 11.5. The highest BCUT2D eigenvalue weighted by Gasteiger charge is 2.26. The van der Waals surface area contributed by atoms with Crippen LogP contribution in [-0.4, -0.2) is 14.7 Å². The van der Waals surface area contributed by atoms with Gasteiger partial charge >= 0.3 is 0 Å². The van der Waals surface area contributed by atoms with Crippen molar-refractivity contribution in [1.82, 2.24) is 9.55 Å². The van der Waals surface area contributed by atoms with E-state index in [1.807, 2.05) is 66.2 Å². The number of hydrogen-bond donors (Lipinski definition) is 1. The fraction of sp³-hybridized carbons (Fsp3) is 0.211. The van der Waals surface area contributed by atoms with Crippen LogP contribution in [0.4, 0.5) is 0 Å². The summed E-state index contributed by atoms with van der Waals surface area (Å²) in [5, 5.41) is 11.0. The van der Waals surface area contributed by atoms with Crippen molar-refractivity contribution in [3.63, 3.8) is 0 Å². The van der Waals surface area contributed by atoms with E-state index >= 15 is 0 Å². The lowest BCUT2D eigenvalue weighted by Crippen LogP contribution is -2.23. The molecule has 124 valence electrons. The van der Waals surface area contributed by atoms with E-state index in [4.69, 9.17) is 4.74 Å². The van der Waals surface area contributed by atoms with Gasteiger partial charge in [0.25, 0.3) is 0 Å². The molecule has 1 atom stereocenters. The topological polar surface area (TPSA) is 47.3 Å². The fourth-order valence-electron chi connectivity index (χ4n) is 2.53. The van der Waals surface area contributed by atoms with Crippen LogP contribution in [0.5, 0.6) is 11.5 Å². The molecular weight excluding hydrogens is 368 g/mol. The van der Waals surface area contributed by atoms with Crippen molar-refractivity contribution >= 4 is 15.9 Å². The molecule has 0 amide bonds. The molecule has 3 aromatic rings. The van der Waals surface area contributed by atoms with Crippen molar-refractivity contribution in [2.45, 2.75) is 25.5 Å². The fourth-order valence-corrected chi connectivity index (χ4v) is 2.79. The lowest BCUT2D eigenvalue weighted by atomic mass is 9.91. The molecule has 0 aliphatic heterocycles. The summed E-state index contributed by atoms with van der Waals surface area (Å²) < 4.78 is 8.93. The molecule has 0 saturated heterocycles. The molecule has 0 fully saturated rings. The van der Waals surface area contributed by atoms with E-state index in [1.54, 1.807) is 12.5 Å². The minimum absolute atomic E-state index is 0.560. The average molecular weight is 387 g/mol. The molecule has 4 nitrogen and oxygen atoms in total. The monoisotopic (exact) mass is 386 g/mol. The lowest BCUT2D eigenvalue weighted by molar-refractivity contribution is 0.0411. The highest BCUT2D eigenvalue weighted by molar-refractivity contribution is 9.10. The molecule has 0 saturated carbocycles. The number of aromatic nitrogens is 2. The third-order valence-corrected chi connectivity index (χ3v) is 4.45. The smallest absolute Gasteiger partial charge is 0.133 e. The largest absolute Gasteiger partial charge is 0.457 e. The third-order valence-electron chi connectivity index (χ3n) is 3.92. The summed E-state index contributed by atoms with van der Waals surface area (Å²) in [5.74, 6) is 1.39. The second kappa shape index (κ2) is 7.20. The summed E-state index contributed by atoms with van der Waals surface area (Å²) in [6, 6.07) is 15.2. The normalized spacial score (nSPS) is 13.5. The van der Waals surface area contributed by atoms with Gasteiger partial charge in [-0.25, -0.2) is 4.98 Å². The highest BCUT2D eigenvalue weighted by atomic mass is 79.9. The maximum absolute atomic E-state index is 11.0. The van der Waals surface area contributed by atoms with E-state index in [1.165, 1.54) is 0 Å². The van der Waals surface area contributed by atoms with Crippen molar-refractivity contribution in [3.8, 4) is 11.5 Å². The third kappa shape index (κ3) is 4.04. The van der Waals surface area contributed by atoms with Crippen LogP contribution < -0.4 is 4.74 Å². The van der Waals surface area contributed by atoms with Crippen LogP contribution in [-0.2, 0) is 12.1 Å². The molecule has 24 heavy (non-hydrogen) atoms. The predicted octanol–water partition coefficient (Wildman–Crippen LogP) is 4.74. The van der Waals surface area contributed by atoms with E-state index in [9.17, 15) is 5.11 Å². The molecule has 5 heteroatoms. The van der Waals surface area contributed by atoms with Gasteiger partial charge < -0.3 is 14.4 Å². The number of halogens is 1. The van der Waals surface area contributed by atoms with Gasteiger partial charge in [-0.15, -0.1) is 0 Å². The number of aliphatic hydroxyl groups is 1. The number of hydrogen-bond acceptors (Lipinski definition) is 3. The first-order valence-corrected chi connectivity index (χ1v) is 8.55. The van der Waals surface area contributed by atoms with Crippen LogP contribution in [0, 0.1) is 0 Å². The van der Waals surface area contributed by atoms with E-state index in [2.05, 4.69) is 20.9 Å². The average Bonchev–Trinajstić information content (AvgIpc) is 3.09. The zero-order valence-corrected chi connectivity index (χ0v) is 15.0. The Kier molecular flexibility index (Phi) is 5.02. The lowest BCUT2D eigenvalue weighted by Gasteiger charge is -2.26. The van der Waals surface area contributed by atoms with Gasteiger partial charge in [-0.05, 0) is 43.7 Å². The Morgan fingerprint density at radius 3 is 2.62 bits per heavy atom. The van der Waals surface area contributed by atoms with E-state index in [0.717, 1.165) is 15.8 Å². The minimum atomic E-state index is -1.00. The molecular formula is C19H19BrN2O2. The maximum atomic E-state index is 11.0. The summed E-state index contributed by atoms with van der Waals surface area (Å²) in [6.45, 7) is 2.49. The van der Waals surface area contributed by atoms with Crippen LogP contribution in [0.3, 0.4) is 0 Å². The van der Waals surface area contributed by atoms with Crippen molar-refractivity contribution in [3.05, 3.63) is 77.3 Å².